The normalized spacial score (nSPS) is 10.7. The first-order valence-electron chi connectivity index (χ1n) is 6.25. The minimum atomic E-state index is -0.446. The van der Waals surface area contributed by atoms with Crippen LogP contribution < -0.4 is 4.74 Å². The maximum atomic E-state index is 11.7. The zero-order chi connectivity index (χ0) is 14.5. The Balaban J connectivity index is 2.63. The van der Waals surface area contributed by atoms with E-state index in [1.807, 2.05) is 18.2 Å². The molecule has 0 aliphatic rings. The second-order valence-electron chi connectivity index (χ2n) is 5.47. The highest BCUT2D eigenvalue weighted by Gasteiger charge is 2.14. The summed E-state index contributed by atoms with van der Waals surface area (Å²) in [6.45, 7) is 6.76. The summed E-state index contributed by atoms with van der Waals surface area (Å²) in [4.78, 5) is 13.1. The highest BCUT2D eigenvalue weighted by atomic mass is 16.6. The van der Waals surface area contributed by atoms with E-state index in [0.717, 1.165) is 0 Å². The Morgan fingerprint density at radius 1 is 1.32 bits per heavy atom. The summed E-state index contributed by atoms with van der Waals surface area (Å²) in [5, 5.41) is 8.46. The van der Waals surface area contributed by atoms with Crippen LogP contribution in [0.2, 0.25) is 0 Å². The van der Waals surface area contributed by atoms with E-state index in [0.29, 0.717) is 18.7 Å². The van der Waals surface area contributed by atoms with E-state index >= 15 is 0 Å². The molecule has 0 radical (unpaired) electrons. The Morgan fingerprint density at radius 3 is 2.37 bits per heavy atom. The van der Waals surface area contributed by atoms with Crippen LogP contribution in [0.5, 0.6) is 5.75 Å². The van der Waals surface area contributed by atoms with Gasteiger partial charge in [-0.1, -0.05) is 32.9 Å². The molecule has 0 saturated heterocycles. The van der Waals surface area contributed by atoms with E-state index in [2.05, 4.69) is 20.8 Å². The molecule has 4 nitrogen and oxygen atoms in total. The van der Waals surface area contributed by atoms with Gasteiger partial charge in [-0.15, -0.1) is 0 Å². The number of carbonyl (C=O) groups excluding carboxylic acids is 1. The number of benzene rings is 1. The first-order chi connectivity index (χ1) is 8.84. The Bertz CT molecular complexity index is 466. The van der Waals surface area contributed by atoms with Crippen molar-refractivity contribution >= 4 is 6.09 Å². The zero-order valence-corrected chi connectivity index (χ0v) is 11.9. The smallest absolute Gasteiger partial charge is 0.410 e. The number of nitrogens with zero attached hydrogens (tertiary/aromatic N) is 2. The topological polar surface area (TPSA) is 53.3 Å². The molecule has 0 N–H and O–H groups in total. The van der Waals surface area contributed by atoms with Gasteiger partial charge in [0.25, 0.3) is 0 Å². The summed E-state index contributed by atoms with van der Waals surface area (Å²) in [5.74, 6) is 0.516. The van der Waals surface area contributed by atoms with Gasteiger partial charge in [0.2, 0.25) is 0 Å². The van der Waals surface area contributed by atoms with Crippen molar-refractivity contribution in [1.82, 2.24) is 4.90 Å². The number of hydrogen-bond acceptors (Lipinski definition) is 3. The molecule has 1 aromatic carbocycles. The summed E-state index contributed by atoms with van der Waals surface area (Å²) < 4.78 is 5.22. The summed E-state index contributed by atoms with van der Waals surface area (Å²) in [7, 11) is 1.61. The maximum Gasteiger partial charge on any atom is 0.414 e. The summed E-state index contributed by atoms with van der Waals surface area (Å²) >= 11 is 0. The van der Waals surface area contributed by atoms with Crippen LogP contribution in [0.3, 0.4) is 0 Å². The Morgan fingerprint density at radius 2 is 1.89 bits per heavy atom. The van der Waals surface area contributed by atoms with Gasteiger partial charge in [-0.05, 0) is 23.1 Å². The lowest BCUT2D eigenvalue weighted by Gasteiger charge is -2.19. The van der Waals surface area contributed by atoms with Crippen molar-refractivity contribution in [3.8, 4) is 11.8 Å². The van der Waals surface area contributed by atoms with E-state index in [-0.39, 0.29) is 5.41 Å². The second kappa shape index (κ2) is 6.24. The van der Waals surface area contributed by atoms with Crippen LogP contribution in [-0.4, -0.2) is 24.6 Å². The summed E-state index contributed by atoms with van der Waals surface area (Å²) in [5.41, 5.74) is 1.26. The fraction of sp³-hybridized carbons (Fsp3) is 0.467. The van der Waals surface area contributed by atoms with Crippen molar-refractivity contribution in [2.45, 2.75) is 32.6 Å². The molecular weight excluding hydrogens is 240 g/mol. The largest absolute Gasteiger partial charge is 0.414 e. The van der Waals surface area contributed by atoms with E-state index < -0.39 is 6.09 Å². The molecule has 0 aliphatic carbocycles. The van der Waals surface area contributed by atoms with Crippen molar-refractivity contribution in [1.29, 1.82) is 5.26 Å². The Labute approximate surface area is 114 Å². The first kappa shape index (κ1) is 15.0. The molecule has 19 heavy (non-hydrogen) atoms. The molecule has 0 bridgehead atoms. The van der Waals surface area contributed by atoms with Gasteiger partial charge in [-0.3, -0.25) is 0 Å². The van der Waals surface area contributed by atoms with Gasteiger partial charge < -0.3 is 9.64 Å². The quantitative estimate of drug-likeness (QED) is 0.837. The van der Waals surface area contributed by atoms with E-state index in [1.165, 1.54) is 10.5 Å². The summed E-state index contributed by atoms with van der Waals surface area (Å²) in [6, 6.07) is 9.48. The van der Waals surface area contributed by atoms with Gasteiger partial charge in [-0.2, -0.15) is 5.26 Å². The highest BCUT2D eigenvalue weighted by Crippen LogP contribution is 2.24. The Kier molecular flexibility index (Phi) is 4.94. The third-order valence-corrected chi connectivity index (χ3v) is 2.80. The SMILES string of the molecule is CN(CCC#N)C(=O)Oc1ccc(C(C)(C)C)cc1. The van der Waals surface area contributed by atoms with E-state index in [1.54, 1.807) is 19.2 Å². The zero-order valence-electron chi connectivity index (χ0n) is 11.9. The van der Waals surface area contributed by atoms with Crippen LogP contribution in [0.1, 0.15) is 32.8 Å². The molecule has 0 fully saturated rings. The van der Waals surface area contributed by atoms with Crippen LogP contribution >= 0.6 is 0 Å². The third-order valence-electron chi connectivity index (χ3n) is 2.80. The number of ether oxygens (including phenoxy) is 1. The molecule has 1 aromatic rings. The number of rotatable bonds is 3. The molecular formula is C15H20N2O2. The lowest BCUT2D eigenvalue weighted by Crippen LogP contribution is -2.30. The standard InChI is InChI=1S/C15H20N2O2/c1-15(2,3)12-6-8-13(9-7-12)19-14(18)17(4)11-5-10-16/h6-9H,5,11H2,1-4H3. The number of hydrogen-bond donors (Lipinski definition) is 0. The molecule has 1 rings (SSSR count). The molecule has 0 heterocycles. The molecule has 4 heteroatoms. The van der Waals surface area contributed by atoms with Gasteiger partial charge in [0.15, 0.2) is 0 Å². The predicted molar refractivity (Wildman–Crippen MR) is 74.0 cm³/mol. The van der Waals surface area contributed by atoms with Gasteiger partial charge in [0.1, 0.15) is 5.75 Å². The van der Waals surface area contributed by atoms with Gasteiger partial charge in [0, 0.05) is 13.6 Å². The van der Waals surface area contributed by atoms with Gasteiger partial charge >= 0.3 is 6.09 Å². The van der Waals surface area contributed by atoms with E-state index in [4.69, 9.17) is 10.00 Å². The lowest BCUT2D eigenvalue weighted by atomic mass is 9.87. The van der Waals surface area contributed by atoms with E-state index in [9.17, 15) is 4.79 Å². The van der Waals surface area contributed by atoms with Crippen LogP contribution in [0.4, 0.5) is 4.79 Å². The number of carbonyl (C=O) groups is 1. The van der Waals surface area contributed by atoms with Crippen LogP contribution in [0.15, 0.2) is 24.3 Å². The van der Waals surface area contributed by atoms with Crippen LogP contribution in [0, 0.1) is 11.3 Å². The Hall–Kier alpha value is -2.02. The number of amides is 1. The van der Waals surface area contributed by atoms with Gasteiger partial charge in [-0.25, -0.2) is 4.79 Å². The van der Waals surface area contributed by atoms with Crippen LogP contribution in [0.25, 0.3) is 0 Å². The fourth-order valence-corrected chi connectivity index (χ4v) is 1.51. The first-order valence-corrected chi connectivity index (χ1v) is 6.25. The molecule has 1 amide bonds. The average molecular weight is 260 g/mol. The van der Waals surface area contributed by atoms with Crippen molar-refractivity contribution < 1.29 is 9.53 Å². The monoisotopic (exact) mass is 260 g/mol. The molecule has 0 aromatic heterocycles. The lowest BCUT2D eigenvalue weighted by molar-refractivity contribution is 0.164. The fourth-order valence-electron chi connectivity index (χ4n) is 1.51. The maximum absolute atomic E-state index is 11.7. The molecule has 0 spiro atoms. The summed E-state index contributed by atoms with van der Waals surface area (Å²) in [6.07, 6.45) is -0.145. The number of nitriles is 1. The minimum absolute atomic E-state index is 0.0755. The van der Waals surface area contributed by atoms with Crippen molar-refractivity contribution in [3.63, 3.8) is 0 Å². The molecule has 0 atom stereocenters. The minimum Gasteiger partial charge on any atom is -0.410 e. The molecule has 0 unspecified atom stereocenters. The van der Waals surface area contributed by atoms with Crippen molar-refractivity contribution in [2.24, 2.45) is 0 Å². The second-order valence-corrected chi connectivity index (χ2v) is 5.47. The average Bonchev–Trinajstić information content (AvgIpc) is 2.35. The predicted octanol–water partition coefficient (Wildman–Crippen LogP) is 3.33. The molecule has 102 valence electrons. The van der Waals surface area contributed by atoms with Crippen molar-refractivity contribution in [2.75, 3.05) is 13.6 Å². The van der Waals surface area contributed by atoms with Crippen molar-refractivity contribution in [3.05, 3.63) is 29.8 Å². The van der Waals surface area contributed by atoms with Gasteiger partial charge in [0.05, 0.1) is 12.5 Å². The molecule has 0 aliphatic heterocycles. The van der Waals surface area contributed by atoms with Crippen LogP contribution in [-0.2, 0) is 5.41 Å². The molecule has 0 saturated carbocycles. The third kappa shape index (κ3) is 4.63. The highest BCUT2D eigenvalue weighted by molar-refractivity contribution is 5.70.